The summed E-state index contributed by atoms with van der Waals surface area (Å²) in [6.07, 6.45) is 2.94. The molecule has 0 unspecified atom stereocenters. The van der Waals surface area contributed by atoms with Gasteiger partial charge in [0, 0.05) is 12.4 Å². The minimum atomic E-state index is -0.606. The highest BCUT2D eigenvalue weighted by Gasteiger charge is 2.23. The molecular weight excluding hydrogens is 478 g/mol. The maximum absolute atomic E-state index is 12.8. The van der Waals surface area contributed by atoms with Crippen LogP contribution in [0.15, 0.2) is 48.8 Å². The summed E-state index contributed by atoms with van der Waals surface area (Å²) in [4.78, 5) is 31.7. The molecular formula is C17H9Cl2IN2O3. The number of pyridine rings is 1. The van der Waals surface area contributed by atoms with Gasteiger partial charge < -0.3 is 9.72 Å². The number of carbonyl (C=O) groups is 2. The van der Waals surface area contributed by atoms with E-state index in [1.54, 1.807) is 42.6 Å². The van der Waals surface area contributed by atoms with Gasteiger partial charge in [0.1, 0.15) is 16.6 Å². The summed E-state index contributed by atoms with van der Waals surface area (Å²) in [7, 11) is 0. The van der Waals surface area contributed by atoms with Crippen LogP contribution < -0.4 is 4.74 Å². The molecule has 1 aromatic carbocycles. The summed E-state index contributed by atoms with van der Waals surface area (Å²) in [5.74, 6) is -0.850. The van der Waals surface area contributed by atoms with E-state index in [1.165, 1.54) is 6.20 Å². The van der Waals surface area contributed by atoms with E-state index in [4.69, 9.17) is 27.9 Å². The smallest absolute Gasteiger partial charge is 0.345 e. The van der Waals surface area contributed by atoms with Crippen molar-refractivity contribution in [2.45, 2.75) is 0 Å². The van der Waals surface area contributed by atoms with Gasteiger partial charge in [0.2, 0.25) is 5.78 Å². The first-order valence-corrected chi connectivity index (χ1v) is 8.81. The van der Waals surface area contributed by atoms with E-state index < -0.39 is 5.97 Å². The summed E-state index contributed by atoms with van der Waals surface area (Å²) in [6.45, 7) is 0. The molecule has 2 heterocycles. The summed E-state index contributed by atoms with van der Waals surface area (Å²) in [5.41, 5.74) is 0.734. The van der Waals surface area contributed by atoms with Crippen LogP contribution in [-0.2, 0) is 0 Å². The average Bonchev–Trinajstić information content (AvgIpc) is 2.90. The molecule has 8 heteroatoms. The predicted molar refractivity (Wildman–Crippen MR) is 103 cm³/mol. The maximum Gasteiger partial charge on any atom is 0.345 e. The monoisotopic (exact) mass is 486 g/mol. The number of carbonyl (C=O) groups excluding carboxylic acids is 2. The molecule has 0 aliphatic carbocycles. The van der Waals surface area contributed by atoms with Crippen molar-refractivity contribution in [3.63, 3.8) is 0 Å². The third-order valence-electron chi connectivity index (χ3n) is 3.30. The van der Waals surface area contributed by atoms with Gasteiger partial charge in [-0.3, -0.25) is 9.78 Å². The molecule has 0 saturated heterocycles. The van der Waals surface area contributed by atoms with Crippen molar-refractivity contribution in [1.29, 1.82) is 0 Å². The van der Waals surface area contributed by atoms with E-state index in [9.17, 15) is 9.59 Å². The average molecular weight is 487 g/mol. The minimum Gasteiger partial charge on any atom is -0.422 e. The van der Waals surface area contributed by atoms with Crippen LogP contribution in [0, 0.1) is 3.57 Å². The van der Waals surface area contributed by atoms with Crippen LogP contribution >= 0.6 is 45.8 Å². The van der Waals surface area contributed by atoms with Crippen molar-refractivity contribution in [1.82, 2.24) is 9.97 Å². The second kappa shape index (κ2) is 7.55. The zero-order chi connectivity index (χ0) is 18.0. The summed E-state index contributed by atoms with van der Waals surface area (Å²) >= 11 is 13.9. The lowest BCUT2D eigenvalue weighted by Crippen LogP contribution is -2.13. The normalized spacial score (nSPS) is 10.5. The summed E-state index contributed by atoms with van der Waals surface area (Å²) in [5, 5.41) is 0.453. The van der Waals surface area contributed by atoms with Crippen molar-refractivity contribution >= 4 is 57.5 Å². The number of para-hydroxylation sites is 1. The molecule has 2 aromatic heterocycles. The Labute approximate surface area is 166 Å². The third-order valence-corrected chi connectivity index (χ3v) is 5.45. The molecule has 0 amide bonds. The number of rotatable bonds is 4. The van der Waals surface area contributed by atoms with Crippen LogP contribution in [0.3, 0.4) is 0 Å². The molecule has 5 nitrogen and oxygen atoms in total. The van der Waals surface area contributed by atoms with Gasteiger partial charge in [-0.25, -0.2) is 4.79 Å². The number of ketones is 1. The number of hydrogen-bond acceptors (Lipinski definition) is 4. The van der Waals surface area contributed by atoms with Crippen LogP contribution in [0.25, 0.3) is 0 Å². The standard InChI is InChI=1S/C17H9Cl2IN2O3/c18-12-13(20)14(22-16(12)19)15(23)10-5-1-2-6-11(10)25-17(24)9-4-3-7-21-8-9/h1-8,22H. The van der Waals surface area contributed by atoms with Crippen molar-refractivity contribution in [3.05, 3.63) is 79.4 Å². The lowest BCUT2D eigenvalue weighted by molar-refractivity contribution is 0.0732. The first-order valence-electron chi connectivity index (χ1n) is 6.97. The summed E-state index contributed by atoms with van der Waals surface area (Å²) in [6, 6.07) is 9.65. The number of nitrogens with zero attached hydrogens (tertiary/aromatic N) is 1. The van der Waals surface area contributed by atoms with Crippen LogP contribution in [0.4, 0.5) is 0 Å². The highest BCUT2D eigenvalue weighted by molar-refractivity contribution is 14.1. The van der Waals surface area contributed by atoms with Gasteiger partial charge in [-0.1, -0.05) is 35.3 Å². The topological polar surface area (TPSA) is 72.1 Å². The van der Waals surface area contributed by atoms with E-state index in [2.05, 4.69) is 9.97 Å². The Hall–Kier alpha value is -1.90. The van der Waals surface area contributed by atoms with E-state index in [1.807, 2.05) is 22.6 Å². The molecule has 126 valence electrons. The second-order valence-corrected chi connectivity index (χ2v) is 6.73. The van der Waals surface area contributed by atoms with Gasteiger partial charge >= 0.3 is 5.97 Å². The fourth-order valence-electron chi connectivity index (χ4n) is 2.10. The first-order chi connectivity index (χ1) is 12.0. The first kappa shape index (κ1) is 17.9. The minimum absolute atomic E-state index is 0.138. The lowest BCUT2D eigenvalue weighted by atomic mass is 10.1. The van der Waals surface area contributed by atoms with E-state index in [0.717, 1.165) is 0 Å². The van der Waals surface area contributed by atoms with E-state index >= 15 is 0 Å². The number of benzene rings is 1. The van der Waals surface area contributed by atoms with Gasteiger partial charge in [0.15, 0.2) is 0 Å². The van der Waals surface area contributed by atoms with Crippen LogP contribution in [0.1, 0.15) is 26.4 Å². The largest absolute Gasteiger partial charge is 0.422 e. The van der Waals surface area contributed by atoms with E-state index in [-0.39, 0.29) is 38.5 Å². The maximum atomic E-state index is 12.8. The predicted octanol–water partition coefficient (Wildman–Crippen LogP) is 4.77. The van der Waals surface area contributed by atoms with Gasteiger partial charge in [-0.05, 0) is 46.9 Å². The van der Waals surface area contributed by atoms with Crippen molar-refractivity contribution in [3.8, 4) is 5.75 Å². The van der Waals surface area contributed by atoms with Crippen molar-refractivity contribution in [2.24, 2.45) is 0 Å². The Balaban J connectivity index is 1.95. The highest BCUT2D eigenvalue weighted by Crippen LogP contribution is 2.32. The SMILES string of the molecule is O=C(Oc1ccccc1C(=O)c1[nH]c(Cl)c(Cl)c1I)c1cccnc1. The molecule has 0 radical (unpaired) electrons. The molecule has 0 bridgehead atoms. The quantitative estimate of drug-likeness (QED) is 0.249. The zero-order valence-corrected chi connectivity index (χ0v) is 16.1. The van der Waals surface area contributed by atoms with Gasteiger partial charge in [-0.2, -0.15) is 0 Å². The number of H-pyrrole nitrogens is 1. The second-order valence-electron chi connectivity index (χ2n) is 4.90. The Morgan fingerprint density at radius 2 is 1.88 bits per heavy atom. The van der Waals surface area contributed by atoms with Crippen molar-refractivity contribution < 1.29 is 14.3 Å². The fourth-order valence-corrected chi connectivity index (χ4v) is 3.24. The molecule has 3 aromatic rings. The number of hydrogen-bond donors (Lipinski definition) is 1. The molecule has 0 aliphatic heterocycles. The van der Waals surface area contributed by atoms with Gasteiger partial charge in [-0.15, -0.1) is 0 Å². The molecule has 1 N–H and O–H groups in total. The number of aromatic amines is 1. The molecule has 0 atom stereocenters. The Morgan fingerprint density at radius 1 is 1.12 bits per heavy atom. The lowest BCUT2D eigenvalue weighted by Gasteiger charge is -2.09. The molecule has 0 spiro atoms. The van der Waals surface area contributed by atoms with E-state index in [0.29, 0.717) is 3.57 Å². The van der Waals surface area contributed by atoms with Crippen LogP contribution in [0.5, 0.6) is 5.75 Å². The Bertz CT molecular complexity index is 958. The number of esters is 1. The summed E-state index contributed by atoms with van der Waals surface area (Å²) < 4.78 is 5.87. The van der Waals surface area contributed by atoms with Crippen LogP contribution in [0.2, 0.25) is 10.2 Å². The fraction of sp³-hybridized carbons (Fsp3) is 0. The van der Waals surface area contributed by atoms with Crippen LogP contribution in [-0.4, -0.2) is 21.7 Å². The van der Waals surface area contributed by atoms with Gasteiger partial charge in [0.05, 0.1) is 19.7 Å². The number of ether oxygens (including phenoxy) is 1. The molecule has 0 saturated carbocycles. The molecule has 3 rings (SSSR count). The Kier molecular flexibility index (Phi) is 5.41. The Morgan fingerprint density at radius 3 is 2.52 bits per heavy atom. The zero-order valence-electron chi connectivity index (χ0n) is 12.4. The third kappa shape index (κ3) is 3.70. The van der Waals surface area contributed by atoms with Crippen molar-refractivity contribution in [2.75, 3.05) is 0 Å². The number of aromatic nitrogens is 2. The highest BCUT2D eigenvalue weighted by atomic mass is 127. The van der Waals surface area contributed by atoms with Gasteiger partial charge in [0.25, 0.3) is 0 Å². The molecule has 25 heavy (non-hydrogen) atoms. The number of halogens is 3. The number of nitrogens with one attached hydrogen (secondary N) is 1. The molecule has 0 aliphatic rings. The molecule has 0 fully saturated rings.